The molecule has 126 valence electrons. The zero-order valence-electron chi connectivity index (χ0n) is 27.0. The average molecular weight is 336 g/mol. The Balaban J connectivity index is 2.92. The molecular weight excluding hydrogens is 294 g/mol. The Kier molecular flexibility index (Phi) is 2.35. The summed E-state index contributed by atoms with van der Waals surface area (Å²) in [6.07, 6.45) is 0.783. The van der Waals surface area contributed by atoms with E-state index in [4.69, 9.17) is 19.2 Å². The third kappa shape index (κ3) is 3.83. The number of pyridine rings is 1. The molecule has 0 aliphatic carbocycles. The van der Waals surface area contributed by atoms with E-state index < -0.39 is 57.8 Å². The molecule has 24 heavy (non-hydrogen) atoms. The number of hydrogen-bond acceptors (Lipinski definition) is 3. The number of rotatable bonds is 7. The summed E-state index contributed by atoms with van der Waals surface area (Å²) in [7, 11) is 0. The first-order valence-corrected chi connectivity index (χ1v) is 7.27. The largest absolute Gasteiger partial charge is 0.298 e. The zero-order chi connectivity index (χ0) is 29.4. The van der Waals surface area contributed by atoms with Gasteiger partial charge in [-0.2, -0.15) is 5.26 Å². The van der Waals surface area contributed by atoms with Crippen molar-refractivity contribution in [2.45, 2.75) is 51.3 Å². The van der Waals surface area contributed by atoms with Gasteiger partial charge in [-0.05, 0) is 51.5 Å². The van der Waals surface area contributed by atoms with Gasteiger partial charge in [-0.25, -0.2) is 0 Å². The number of nitriles is 1. The summed E-state index contributed by atoms with van der Waals surface area (Å²) >= 11 is 0. The van der Waals surface area contributed by atoms with Crippen LogP contribution < -0.4 is 0 Å². The van der Waals surface area contributed by atoms with Crippen molar-refractivity contribution >= 4 is 0 Å². The number of hydrogen-bond donors (Lipinski definition) is 0. The van der Waals surface area contributed by atoms with E-state index in [2.05, 4.69) is 11.1 Å². The highest BCUT2D eigenvalue weighted by Crippen LogP contribution is 2.34. The highest BCUT2D eigenvalue weighted by molar-refractivity contribution is 5.42. The van der Waals surface area contributed by atoms with Crippen molar-refractivity contribution in [1.29, 1.82) is 5.26 Å². The SMILES string of the molecule is [2H]C([2H])([2H])C([2H])(N(CCC(C#N)(c1ccccc1)c1ccccn1)C([2H])(C([2H])([2H])[2H])C([2H])([2H])[2H])C([2H])([2H])[2H]. The van der Waals surface area contributed by atoms with Gasteiger partial charge >= 0.3 is 0 Å². The third-order valence-corrected chi connectivity index (χ3v) is 3.81. The van der Waals surface area contributed by atoms with Crippen molar-refractivity contribution in [3.05, 3.63) is 66.0 Å². The molecule has 1 atom stereocenters. The van der Waals surface area contributed by atoms with Crippen LogP contribution in [0.25, 0.3) is 0 Å². The molecule has 1 aromatic heterocycles. The molecule has 3 nitrogen and oxygen atoms in total. The number of aromatic nitrogens is 1. The summed E-state index contributed by atoms with van der Waals surface area (Å²) in [6.45, 7) is -16.2. The maximum atomic E-state index is 10.4. The minimum atomic E-state index is -3.85. The average Bonchev–Trinajstić information content (AvgIpc) is 2.79. The summed E-state index contributed by atoms with van der Waals surface area (Å²) in [4.78, 5) is 4.10. The van der Waals surface area contributed by atoms with Crippen LogP contribution in [0.2, 0.25) is 0 Å². The van der Waals surface area contributed by atoms with Crippen molar-refractivity contribution in [2.24, 2.45) is 0 Å². The monoisotopic (exact) mass is 335 g/mol. The van der Waals surface area contributed by atoms with E-state index in [0.717, 1.165) is 0 Å². The lowest BCUT2D eigenvalue weighted by Crippen LogP contribution is -2.41. The molecule has 1 aromatic carbocycles. The number of benzene rings is 1. The Bertz CT molecular complexity index is 1010. The molecule has 0 saturated carbocycles. The van der Waals surface area contributed by atoms with E-state index >= 15 is 0 Å². The van der Waals surface area contributed by atoms with E-state index in [1.165, 1.54) is 12.3 Å². The van der Waals surface area contributed by atoms with Crippen molar-refractivity contribution in [3.8, 4) is 6.07 Å². The Morgan fingerprint density at radius 2 is 1.79 bits per heavy atom. The van der Waals surface area contributed by atoms with Gasteiger partial charge in [0.2, 0.25) is 0 Å². The van der Waals surface area contributed by atoms with Gasteiger partial charge in [-0.15, -0.1) is 0 Å². The molecule has 0 aliphatic heterocycles. The van der Waals surface area contributed by atoms with Gasteiger partial charge in [0.1, 0.15) is 5.41 Å². The maximum absolute atomic E-state index is 10.4. The Labute approximate surface area is 165 Å². The van der Waals surface area contributed by atoms with Crippen LogP contribution in [-0.4, -0.2) is 28.5 Å². The smallest absolute Gasteiger partial charge is 0.125 e. The lowest BCUT2D eigenvalue weighted by Gasteiger charge is -2.34. The third-order valence-electron chi connectivity index (χ3n) is 3.81. The van der Waals surface area contributed by atoms with E-state index in [-0.39, 0.29) is 10.6 Å². The summed E-state index contributed by atoms with van der Waals surface area (Å²) in [5.74, 6) is 0. The quantitative estimate of drug-likeness (QED) is 0.753. The van der Waals surface area contributed by atoms with Crippen LogP contribution in [0.3, 0.4) is 0 Å². The first-order valence-electron chi connectivity index (χ1n) is 14.3. The first kappa shape index (κ1) is 6.98. The van der Waals surface area contributed by atoms with Crippen LogP contribution >= 0.6 is 0 Å². The highest BCUT2D eigenvalue weighted by Gasteiger charge is 2.36. The Morgan fingerprint density at radius 3 is 2.33 bits per heavy atom. The second-order valence-electron chi connectivity index (χ2n) is 5.20. The second-order valence-corrected chi connectivity index (χ2v) is 5.20. The van der Waals surface area contributed by atoms with E-state index in [1.807, 2.05) is 0 Å². The normalized spacial score (nSPS) is 25.5. The van der Waals surface area contributed by atoms with Crippen LogP contribution in [-0.2, 0) is 5.41 Å². The molecule has 0 fully saturated rings. The van der Waals surface area contributed by atoms with Gasteiger partial charge in [0.15, 0.2) is 0 Å². The molecule has 3 heteroatoms. The lowest BCUT2D eigenvalue weighted by molar-refractivity contribution is 0.166. The molecule has 0 amide bonds. The molecule has 0 spiro atoms. The molecule has 1 unspecified atom stereocenters. The topological polar surface area (TPSA) is 39.9 Å². The van der Waals surface area contributed by atoms with Gasteiger partial charge < -0.3 is 0 Å². The second kappa shape index (κ2) is 8.08. The van der Waals surface area contributed by atoms with Crippen molar-refractivity contribution in [3.63, 3.8) is 0 Å². The molecule has 0 radical (unpaired) electrons. The summed E-state index contributed by atoms with van der Waals surface area (Å²) < 4.78 is 112. The molecule has 0 saturated heterocycles. The van der Waals surface area contributed by atoms with E-state index in [9.17, 15) is 5.26 Å². The molecule has 1 heterocycles. The lowest BCUT2D eigenvalue weighted by atomic mass is 9.75. The molecule has 0 bridgehead atoms. The van der Waals surface area contributed by atoms with E-state index in [0.29, 0.717) is 5.56 Å². The fourth-order valence-electron chi connectivity index (χ4n) is 2.55. The predicted molar refractivity (Wildman–Crippen MR) is 98.7 cm³/mol. The van der Waals surface area contributed by atoms with Crippen LogP contribution in [0.5, 0.6) is 0 Å². The van der Waals surface area contributed by atoms with Gasteiger partial charge in [-0.3, -0.25) is 9.88 Å². The molecule has 0 N–H and O–H groups in total. The minimum absolute atomic E-state index is 0.113. The molecule has 2 rings (SSSR count). The molecule has 2 aromatic rings. The standard InChI is InChI=1S/C21H27N3/c1-17(2)24(18(3)4)15-13-21(16-22,19-10-6-5-7-11-19)20-12-8-9-14-23-20/h5-12,14,17-18H,13,15H2,1-4H3/i1D3,2D3,3D3,4D3,17D,18D. The first-order chi connectivity index (χ1) is 17.1. The van der Waals surface area contributed by atoms with Gasteiger partial charge in [0.25, 0.3) is 0 Å². The van der Waals surface area contributed by atoms with Crippen molar-refractivity contribution < 1.29 is 19.2 Å². The maximum Gasteiger partial charge on any atom is 0.125 e. The fraction of sp³-hybridized carbons (Fsp3) is 0.429. The van der Waals surface area contributed by atoms with Crippen LogP contribution in [0.4, 0.5) is 0 Å². The summed E-state index contributed by atoms with van der Waals surface area (Å²) in [5, 5.41) is 10.4. The van der Waals surface area contributed by atoms with Crippen LogP contribution in [0.1, 0.15) is 64.3 Å². The summed E-state index contributed by atoms with van der Waals surface area (Å²) in [5.41, 5.74) is -1.31. The van der Waals surface area contributed by atoms with Gasteiger partial charge in [-0.1, -0.05) is 36.4 Å². The predicted octanol–water partition coefficient (Wildman–Crippen LogP) is 4.40. The highest BCUT2D eigenvalue weighted by atomic mass is 15.2. The fourth-order valence-corrected chi connectivity index (χ4v) is 2.55. The molecule has 0 aliphatic rings. The Hall–Kier alpha value is -2.18. The van der Waals surface area contributed by atoms with Crippen molar-refractivity contribution in [2.75, 3.05) is 6.54 Å². The van der Waals surface area contributed by atoms with Gasteiger partial charge in [0.05, 0.1) is 11.8 Å². The Morgan fingerprint density at radius 1 is 1.12 bits per heavy atom. The van der Waals surface area contributed by atoms with E-state index in [1.54, 1.807) is 42.5 Å². The zero-order valence-corrected chi connectivity index (χ0v) is 13.0. The van der Waals surface area contributed by atoms with Crippen molar-refractivity contribution in [1.82, 2.24) is 9.88 Å². The van der Waals surface area contributed by atoms with Crippen LogP contribution in [0.15, 0.2) is 54.7 Å². The van der Waals surface area contributed by atoms with Crippen LogP contribution in [0, 0.1) is 11.3 Å². The minimum Gasteiger partial charge on any atom is -0.298 e. The summed E-state index contributed by atoms with van der Waals surface area (Å²) in [6, 6.07) is 6.94. The van der Waals surface area contributed by atoms with Gasteiger partial charge in [0, 0.05) is 44.0 Å². The molecular formula is C21H27N3. The number of nitrogens with zero attached hydrogens (tertiary/aromatic N) is 3.